The largest absolute Gasteiger partial charge is 0.341 e. The van der Waals surface area contributed by atoms with Crippen molar-refractivity contribution in [2.75, 3.05) is 13.1 Å². The molecule has 6 nitrogen and oxygen atoms in total. The summed E-state index contributed by atoms with van der Waals surface area (Å²) in [7, 11) is 0. The van der Waals surface area contributed by atoms with Crippen LogP contribution in [0.4, 0.5) is 0 Å². The van der Waals surface area contributed by atoms with Crippen LogP contribution in [-0.2, 0) is 17.9 Å². The van der Waals surface area contributed by atoms with Crippen LogP contribution >= 0.6 is 0 Å². The maximum Gasteiger partial charge on any atom is 0.254 e. The van der Waals surface area contributed by atoms with Gasteiger partial charge in [0.15, 0.2) is 0 Å². The molecule has 2 amide bonds. The molecule has 0 spiro atoms. The third-order valence-corrected chi connectivity index (χ3v) is 5.49. The molecular formula is C20H24N4O2. The Morgan fingerprint density at radius 1 is 1.23 bits per heavy atom. The van der Waals surface area contributed by atoms with Gasteiger partial charge in [0, 0.05) is 37.8 Å². The van der Waals surface area contributed by atoms with Gasteiger partial charge in [-0.1, -0.05) is 18.2 Å². The lowest BCUT2D eigenvalue weighted by Crippen LogP contribution is -2.46. The van der Waals surface area contributed by atoms with Crippen molar-refractivity contribution in [2.45, 2.75) is 45.3 Å². The van der Waals surface area contributed by atoms with E-state index in [1.807, 2.05) is 51.7 Å². The number of rotatable bonds is 3. The van der Waals surface area contributed by atoms with Gasteiger partial charge >= 0.3 is 0 Å². The van der Waals surface area contributed by atoms with Crippen LogP contribution in [0.5, 0.6) is 0 Å². The van der Waals surface area contributed by atoms with Crippen molar-refractivity contribution in [3.8, 4) is 0 Å². The van der Waals surface area contributed by atoms with Crippen molar-refractivity contribution < 1.29 is 9.59 Å². The minimum absolute atomic E-state index is 0.00542. The number of carbonyl (C=O) groups excluding carboxylic acids is 2. The van der Waals surface area contributed by atoms with Crippen LogP contribution in [0.2, 0.25) is 0 Å². The fourth-order valence-electron chi connectivity index (χ4n) is 3.97. The van der Waals surface area contributed by atoms with E-state index in [0.29, 0.717) is 19.5 Å². The molecule has 1 fully saturated rings. The summed E-state index contributed by atoms with van der Waals surface area (Å²) in [5.74, 6) is 0.240. The molecule has 3 heterocycles. The second kappa shape index (κ2) is 6.94. The van der Waals surface area contributed by atoms with Crippen molar-refractivity contribution in [3.63, 3.8) is 0 Å². The highest BCUT2D eigenvalue weighted by atomic mass is 16.2. The lowest BCUT2D eigenvalue weighted by Gasteiger charge is -2.33. The molecule has 0 radical (unpaired) electrons. The van der Waals surface area contributed by atoms with E-state index in [1.54, 1.807) is 6.20 Å². The van der Waals surface area contributed by atoms with Gasteiger partial charge in [0.2, 0.25) is 5.91 Å². The molecule has 1 aromatic carbocycles. The zero-order chi connectivity index (χ0) is 18.1. The highest BCUT2D eigenvalue weighted by molar-refractivity contribution is 5.95. The second-order valence-corrected chi connectivity index (χ2v) is 7.18. The van der Waals surface area contributed by atoms with Crippen LogP contribution in [0.25, 0.3) is 0 Å². The Hall–Kier alpha value is -2.63. The van der Waals surface area contributed by atoms with Crippen molar-refractivity contribution in [2.24, 2.45) is 0 Å². The summed E-state index contributed by atoms with van der Waals surface area (Å²) in [4.78, 5) is 29.3. The molecule has 4 rings (SSSR count). The Labute approximate surface area is 153 Å². The van der Waals surface area contributed by atoms with E-state index in [-0.39, 0.29) is 17.9 Å². The van der Waals surface area contributed by atoms with Gasteiger partial charge in [0.1, 0.15) is 0 Å². The van der Waals surface area contributed by atoms with Gasteiger partial charge in [0.25, 0.3) is 5.91 Å². The van der Waals surface area contributed by atoms with Gasteiger partial charge in [-0.2, -0.15) is 5.10 Å². The first-order valence-corrected chi connectivity index (χ1v) is 9.28. The Morgan fingerprint density at radius 3 is 2.85 bits per heavy atom. The highest BCUT2D eigenvalue weighted by Crippen LogP contribution is 2.23. The Bertz CT molecular complexity index is 829. The zero-order valence-electron chi connectivity index (χ0n) is 15.1. The Kier molecular flexibility index (Phi) is 4.49. The Balaban J connectivity index is 1.64. The van der Waals surface area contributed by atoms with Crippen LogP contribution in [-0.4, -0.2) is 50.5 Å². The number of benzene rings is 1. The topological polar surface area (TPSA) is 58.4 Å². The number of hydrogen-bond acceptors (Lipinski definition) is 3. The molecule has 2 aliphatic rings. The molecule has 26 heavy (non-hydrogen) atoms. The molecule has 2 aromatic rings. The van der Waals surface area contributed by atoms with E-state index in [4.69, 9.17) is 0 Å². The van der Waals surface area contributed by atoms with E-state index in [1.165, 1.54) is 0 Å². The average Bonchev–Trinajstić information content (AvgIpc) is 3.21. The van der Waals surface area contributed by atoms with Crippen LogP contribution in [0, 0.1) is 6.92 Å². The standard InChI is InChI=1S/C20H24N4O2/c1-15-5-2-3-6-18(15)20(26)23-14-17-8-10-21-24(17)12-9-16(23)13-22-11-4-7-19(22)25/h2-3,5-6,8,10,16H,4,7,9,11-14H2,1H3/t16-/m1/s1. The van der Waals surface area contributed by atoms with Gasteiger partial charge in [-0.05, 0) is 37.5 Å². The van der Waals surface area contributed by atoms with Crippen molar-refractivity contribution in [1.82, 2.24) is 19.6 Å². The van der Waals surface area contributed by atoms with E-state index < -0.39 is 0 Å². The minimum Gasteiger partial charge on any atom is -0.341 e. The molecule has 2 aliphatic heterocycles. The van der Waals surface area contributed by atoms with Gasteiger partial charge in [-0.25, -0.2) is 0 Å². The third kappa shape index (κ3) is 3.11. The summed E-state index contributed by atoms with van der Waals surface area (Å²) in [6.45, 7) is 4.67. The summed E-state index contributed by atoms with van der Waals surface area (Å²) in [6, 6.07) is 9.69. The van der Waals surface area contributed by atoms with E-state index in [9.17, 15) is 9.59 Å². The minimum atomic E-state index is 0.00542. The molecule has 0 saturated carbocycles. The molecule has 0 unspecified atom stereocenters. The molecule has 136 valence electrons. The summed E-state index contributed by atoms with van der Waals surface area (Å²) in [6.07, 6.45) is 4.13. The number of aryl methyl sites for hydroxylation is 2. The predicted molar refractivity (Wildman–Crippen MR) is 97.5 cm³/mol. The number of hydrogen-bond donors (Lipinski definition) is 0. The lowest BCUT2D eigenvalue weighted by atomic mass is 10.1. The quantitative estimate of drug-likeness (QED) is 0.851. The SMILES string of the molecule is Cc1ccccc1C(=O)N1Cc2ccnn2CC[C@@H]1CN1CCCC1=O. The van der Waals surface area contributed by atoms with Gasteiger partial charge < -0.3 is 9.80 Å². The number of fused-ring (bicyclic) bond motifs is 1. The predicted octanol–water partition coefficient (Wildman–Crippen LogP) is 2.23. The van der Waals surface area contributed by atoms with Gasteiger partial charge in [0.05, 0.1) is 18.3 Å². The zero-order valence-corrected chi connectivity index (χ0v) is 15.1. The van der Waals surface area contributed by atoms with Crippen molar-refractivity contribution >= 4 is 11.8 Å². The number of likely N-dealkylation sites (tertiary alicyclic amines) is 1. The maximum absolute atomic E-state index is 13.4. The number of carbonyl (C=O) groups is 2. The molecule has 0 bridgehead atoms. The van der Waals surface area contributed by atoms with Crippen molar-refractivity contribution in [3.05, 3.63) is 53.3 Å². The molecule has 1 atom stereocenters. The number of nitrogens with zero attached hydrogens (tertiary/aromatic N) is 4. The smallest absolute Gasteiger partial charge is 0.254 e. The number of aromatic nitrogens is 2. The molecule has 0 aliphatic carbocycles. The molecule has 1 saturated heterocycles. The molecule has 6 heteroatoms. The molecule has 0 N–H and O–H groups in total. The van der Waals surface area contributed by atoms with Crippen LogP contribution < -0.4 is 0 Å². The highest BCUT2D eigenvalue weighted by Gasteiger charge is 2.32. The summed E-state index contributed by atoms with van der Waals surface area (Å²) >= 11 is 0. The van der Waals surface area contributed by atoms with Gasteiger partial charge in [-0.3, -0.25) is 14.3 Å². The molecule has 1 aromatic heterocycles. The van der Waals surface area contributed by atoms with Gasteiger partial charge in [-0.15, -0.1) is 0 Å². The fraction of sp³-hybridized carbons (Fsp3) is 0.450. The van der Waals surface area contributed by atoms with E-state index in [2.05, 4.69) is 5.10 Å². The first-order chi connectivity index (χ1) is 12.6. The number of amides is 2. The first kappa shape index (κ1) is 16.8. The summed E-state index contributed by atoms with van der Waals surface area (Å²) < 4.78 is 1.98. The van der Waals surface area contributed by atoms with E-state index >= 15 is 0 Å². The fourth-order valence-corrected chi connectivity index (χ4v) is 3.97. The monoisotopic (exact) mass is 352 g/mol. The third-order valence-electron chi connectivity index (χ3n) is 5.49. The summed E-state index contributed by atoms with van der Waals surface area (Å²) in [5.41, 5.74) is 2.76. The summed E-state index contributed by atoms with van der Waals surface area (Å²) in [5, 5.41) is 4.38. The van der Waals surface area contributed by atoms with E-state index in [0.717, 1.165) is 42.8 Å². The molecular weight excluding hydrogens is 328 g/mol. The lowest BCUT2D eigenvalue weighted by molar-refractivity contribution is -0.128. The van der Waals surface area contributed by atoms with Crippen LogP contribution in [0.3, 0.4) is 0 Å². The van der Waals surface area contributed by atoms with Crippen LogP contribution in [0.1, 0.15) is 40.9 Å². The maximum atomic E-state index is 13.4. The Morgan fingerprint density at radius 2 is 2.08 bits per heavy atom. The second-order valence-electron chi connectivity index (χ2n) is 7.18. The first-order valence-electron chi connectivity index (χ1n) is 9.28. The average molecular weight is 352 g/mol. The van der Waals surface area contributed by atoms with Crippen LogP contribution in [0.15, 0.2) is 36.5 Å². The normalized spacial score (nSPS) is 20.2. The van der Waals surface area contributed by atoms with Crippen molar-refractivity contribution in [1.29, 1.82) is 0 Å².